The Morgan fingerprint density at radius 3 is 1.12 bits per heavy atom. The fourth-order valence-electron chi connectivity index (χ4n) is 14.4. The normalized spacial score (nSPS) is 13.6. The number of fused-ring (bicyclic) bond motifs is 11. The molecule has 0 fully saturated rings. The second kappa shape index (κ2) is 17.3. The van der Waals surface area contributed by atoms with Crippen LogP contribution in [0.25, 0.3) is 98.7 Å². The second-order valence-electron chi connectivity index (χ2n) is 21.2. The third-order valence-electron chi connectivity index (χ3n) is 17.5. The first kappa shape index (κ1) is 44.4. The van der Waals surface area contributed by atoms with Crippen LogP contribution < -0.4 is 0 Å². The Balaban J connectivity index is 1.05. The van der Waals surface area contributed by atoms with Gasteiger partial charge in [0.1, 0.15) is 0 Å². The summed E-state index contributed by atoms with van der Waals surface area (Å²) in [6.45, 7) is 0. The van der Waals surface area contributed by atoms with Crippen LogP contribution in [0.15, 0.2) is 298 Å². The first-order valence-corrected chi connectivity index (χ1v) is 27.2. The van der Waals surface area contributed by atoms with Gasteiger partial charge in [-0.3, -0.25) is 4.98 Å². The minimum Gasteiger partial charge on any atom is -0.264 e. The van der Waals surface area contributed by atoms with Crippen molar-refractivity contribution in [3.63, 3.8) is 0 Å². The van der Waals surface area contributed by atoms with E-state index in [4.69, 9.17) is 0 Å². The highest BCUT2D eigenvalue weighted by molar-refractivity contribution is 6.27. The van der Waals surface area contributed by atoms with Crippen LogP contribution in [0, 0.1) is 0 Å². The molecule has 1 heteroatoms. The van der Waals surface area contributed by atoms with E-state index in [2.05, 4.69) is 290 Å². The van der Waals surface area contributed by atoms with Gasteiger partial charge in [0, 0.05) is 18.0 Å². The minimum absolute atomic E-state index is 0.552. The molecule has 0 bridgehead atoms. The summed E-state index contributed by atoms with van der Waals surface area (Å²) in [4.78, 5) is 4.68. The van der Waals surface area contributed by atoms with Crippen molar-refractivity contribution in [2.45, 2.75) is 10.8 Å². The molecule has 0 N–H and O–H groups in total. The summed E-state index contributed by atoms with van der Waals surface area (Å²) in [6, 6.07) is 107. The molecule has 16 rings (SSSR count). The van der Waals surface area contributed by atoms with Gasteiger partial charge in [0.05, 0.1) is 10.8 Å². The van der Waals surface area contributed by atoms with E-state index in [1.165, 1.54) is 138 Å². The molecule has 2 aliphatic rings. The summed E-state index contributed by atoms with van der Waals surface area (Å²) >= 11 is 0. The topological polar surface area (TPSA) is 12.9 Å². The van der Waals surface area contributed by atoms with E-state index in [9.17, 15) is 0 Å². The number of pyridine rings is 1. The van der Waals surface area contributed by atoms with Crippen molar-refractivity contribution in [3.05, 3.63) is 342 Å². The van der Waals surface area contributed by atoms with Crippen LogP contribution >= 0.6 is 0 Å². The summed E-state index contributed by atoms with van der Waals surface area (Å²) < 4.78 is 0. The fourth-order valence-corrected chi connectivity index (χ4v) is 14.4. The molecule has 1 heterocycles. The lowest BCUT2D eigenvalue weighted by molar-refractivity contribution is 0.769. The van der Waals surface area contributed by atoms with Gasteiger partial charge < -0.3 is 0 Å². The first-order valence-electron chi connectivity index (χ1n) is 27.2. The van der Waals surface area contributed by atoms with Gasteiger partial charge in [0.2, 0.25) is 0 Å². The maximum atomic E-state index is 4.68. The molecule has 0 radical (unpaired) electrons. The van der Waals surface area contributed by atoms with Gasteiger partial charge in [-0.1, -0.05) is 249 Å². The molecule has 2 aliphatic carbocycles. The van der Waals surface area contributed by atoms with Crippen LogP contribution in [-0.2, 0) is 10.8 Å². The van der Waals surface area contributed by atoms with Crippen LogP contribution in [0.5, 0.6) is 0 Å². The number of aromatic nitrogens is 1. The monoisotopic (exact) mass is 987 g/mol. The summed E-state index contributed by atoms with van der Waals surface area (Å²) in [5, 5.41) is 9.70. The molecular weight excluding hydrogens is 939 g/mol. The van der Waals surface area contributed by atoms with Crippen molar-refractivity contribution in [2.24, 2.45) is 0 Å². The Morgan fingerprint density at radius 2 is 0.641 bits per heavy atom. The zero-order valence-corrected chi connectivity index (χ0v) is 42.7. The molecule has 0 spiro atoms. The molecular formula is C77H49N. The van der Waals surface area contributed by atoms with Crippen molar-refractivity contribution < 1.29 is 0 Å². The number of benzene rings is 13. The molecule has 1 aromatic heterocycles. The lowest BCUT2D eigenvalue weighted by atomic mass is 9.67. The quantitative estimate of drug-likeness (QED) is 0.115. The van der Waals surface area contributed by atoms with Crippen LogP contribution in [0.3, 0.4) is 0 Å². The van der Waals surface area contributed by atoms with E-state index >= 15 is 0 Å². The van der Waals surface area contributed by atoms with Gasteiger partial charge in [-0.05, 0) is 174 Å². The molecule has 0 saturated carbocycles. The average molecular weight is 988 g/mol. The van der Waals surface area contributed by atoms with Crippen molar-refractivity contribution in [3.8, 4) is 55.6 Å². The molecule has 0 unspecified atom stereocenters. The maximum absolute atomic E-state index is 4.68. The lowest BCUT2D eigenvalue weighted by Crippen LogP contribution is -2.28. The number of rotatable bonds is 7. The first-order chi connectivity index (χ1) is 38.7. The van der Waals surface area contributed by atoms with Crippen LogP contribution in [0.4, 0.5) is 0 Å². The van der Waals surface area contributed by atoms with E-state index in [0.29, 0.717) is 0 Å². The third kappa shape index (κ3) is 6.22. The standard InChI is InChI=1S/C77H49N/c1-5-24-54(25-6-1)76(55-26-7-2-8-27-55)70-37-19-17-33-59(70)61-41-39-51(45-72(61)76)74-63-35-15-16-36-64(63)75(69-48-67-65(53-23-21-43-78-49-53)44-50-22-13-14-32-58(50)66(67)47-68(69)74)52-40-42-62-60-34-18-20-38-71(60)77(73(62)46-52,56-28-9-3-10-29-56)57-30-11-4-12-31-57/h1-49H. The van der Waals surface area contributed by atoms with Crippen LogP contribution in [-0.4, -0.2) is 4.98 Å². The third-order valence-corrected chi connectivity index (χ3v) is 17.5. The van der Waals surface area contributed by atoms with Gasteiger partial charge in [0.15, 0.2) is 0 Å². The van der Waals surface area contributed by atoms with E-state index < -0.39 is 10.8 Å². The Kier molecular flexibility index (Phi) is 9.84. The molecule has 78 heavy (non-hydrogen) atoms. The SMILES string of the molecule is c1ccc(C2(c3ccccc3)c3ccccc3-c3ccc(-c4c5ccccc5c(-c5ccc6c(c5)C(c5ccccc5)(c5ccccc5)c5ccccc5-6)c5cc6c(cc45)c(-c4cccnc4)cc4ccccc46)cc32)cc1. The highest BCUT2D eigenvalue weighted by Gasteiger charge is 2.48. The van der Waals surface area contributed by atoms with Crippen molar-refractivity contribution in [1.29, 1.82) is 0 Å². The fraction of sp³-hybridized carbons (Fsp3) is 0.0260. The number of hydrogen-bond acceptors (Lipinski definition) is 1. The van der Waals surface area contributed by atoms with E-state index in [1.54, 1.807) is 0 Å². The molecule has 362 valence electrons. The van der Waals surface area contributed by atoms with E-state index in [0.717, 1.165) is 5.56 Å². The molecule has 0 amide bonds. The lowest BCUT2D eigenvalue weighted by Gasteiger charge is -2.34. The summed E-state index contributed by atoms with van der Waals surface area (Å²) in [7, 11) is 0. The van der Waals surface area contributed by atoms with Gasteiger partial charge in [-0.2, -0.15) is 0 Å². The average Bonchev–Trinajstić information content (AvgIpc) is 4.04. The summed E-state index contributed by atoms with van der Waals surface area (Å²) in [5.41, 5.74) is 21.3. The number of hydrogen-bond donors (Lipinski definition) is 0. The van der Waals surface area contributed by atoms with Gasteiger partial charge in [-0.15, -0.1) is 0 Å². The predicted molar refractivity (Wildman–Crippen MR) is 325 cm³/mol. The van der Waals surface area contributed by atoms with E-state index in [-0.39, 0.29) is 0 Å². The van der Waals surface area contributed by atoms with Gasteiger partial charge >= 0.3 is 0 Å². The Labute approximate surface area is 454 Å². The van der Waals surface area contributed by atoms with Crippen molar-refractivity contribution >= 4 is 43.1 Å². The van der Waals surface area contributed by atoms with Crippen molar-refractivity contribution in [2.75, 3.05) is 0 Å². The van der Waals surface area contributed by atoms with E-state index in [1.807, 2.05) is 12.4 Å². The summed E-state index contributed by atoms with van der Waals surface area (Å²) in [5.74, 6) is 0. The second-order valence-corrected chi connectivity index (χ2v) is 21.2. The Morgan fingerprint density at radius 1 is 0.231 bits per heavy atom. The Hall–Kier alpha value is -9.95. The maximum Gasteiger partial charge on any atom is 0.0713 e. The zero-order valence-electron chi connectivity index (χ0n) is 42.7. The Bertz CT molecular complexity index is 4620. The molecule has 1 nitrogen and oxygen atoms in total. The predicted octanol–water partition coefficient (Wildman–Crippen LogP) is 19.4. The minimum atomic E-state index is -0.554. The molecule has 0 saturated heterocycles. The van der Waals surface area contributed by atoms with Gasteiger partial charge in [-0.25, -0.2) is 0 Å². The molecule has 0 atom stereocenters. The smallest absolute Gasteiger partial charge is 0.0713 e. The summed E-state index contributed by atoms with van der Waals surface area (Å²) in [6.07, 6.45) is 3.88. The van der Waals surface area contributed by atoms with Crippen molar-refractivity contribution in [1.82, 2.24) is 4.98 Å². The van der Waals surface area contributed by atoms with Gasteiger partial charge in [0.25, 0.3) is 0 Å². The number of nitrogens with zero attached hydrogens (tertiary/aromatic N) is 1. The largest absolute Gasteiger partial charge is 0.264 e. The highest BCUT2D eigenvalue weighted by Crippen LogP contribution is 2.60. The van der Waals surface area contributed by atoms with Crippen LogP contribution in [0.1, 0.15) is 44.5 Å². The zero-order chi connectivity index (χ0) is 51.4. The molecule has 13 aromatic carbocycles. The molecule has 0 aliphatic heterocycles. The highest BCUT2D eigenvalue weighted by atomic mass is 14.6. The van der Waals surface area contributed by atoms with Crippen LogP contribution in [0.2, 0.25) is 0 Å². The molecule has 14 aromatic rings.